The molecule has 0 radical (unpaired) electrons. The molecule has 2 rings (SSSR count). The molecule has 1 atom stereocenters. The number of anilines is 1. The van der Waals surface area contributed by atoms with Crippen molar-refractivity contribution in [3.05, 3.63) is 30.1 Å². The monoisotopic (exact) mass is 204 g/mol. The summed E-state index contributed by atoms with van der Waals surface area (Å²) in [5.74, 6) is 0.113. The van der Waals surface area contributed by atoms with Gasteiger partial charge in [-0.25, -0.2) is 4.39 Å². The van der Waals surface area contributed by atoms with Crippen molar-refractivity contribution in [3.8, 4) is 6.07 Å². The first-order valence-electron chi connectivity index (χ1n) is 5.09. The quantitative estimate of drug-likeness (QED) is 0.821. The number of nitrogens with one attached hydrogen (secondary N) is 1. The average Bonchev–Trinajstić information content (AvgIpc) is 3.01. The lowest BCUT2D eigenvalue weighted by atomic mass is 9.97. The maximum Gasteiger partial charge on any atom is 0.125 e. The first kappa shape index (κ1) is 9.97. The molecule has 0 aliphatic heterocycles. The molecule has 15 heavy (non-hydrogen) atoms. The second-order valence-electron chi connectivity index (χ2n) is 4.22. The Bertz CT molecular complexity index is 406. The summed E-state index contributed by atoms with van der Waals surface area (Å²) in [7, 11) is 0. The SMILES string of the molecule is CC(C#N)(Nc1cccc(F)c1)C1CC1. The van der Waals surface area contributed by atoms with Gasteiger partial charge in [0.1, 0.15) is 11.4 Å². The van der Waals surface area contributed by atoms with Gasteiger partial charge in [-0.1, -0.05) is 6.07 Å². The molecule has 2 nitrogen and oxygen atoms in total. The molecule has 0 aromatic heterocycles. The highest BCUT2D eigenvalue weighted by molar-refractivity contribution is 5.48. The van der Waals surface area contributed by atoms with Gasteiger partial charge >= 0.3 is 0 Å². The highest BCUT2D eigenvalue weighted by Gasteiger charge is 2.41. The Hall–Kier alpha value is -1.56. The van der Waals surface area contributed by atoms with E-state index in [1.807, 2.05) is 6.92 Å². The zero-order chi connectivity index (χ0) is 10.9. The first-order chi connectivity index (χ1) is 7.14. The first-order valence-corrected chi connectivity index (χ1v) is 5.09. The van der Waals surface area contributed by atoms with Gasteiger partial charge in [0.2, 0.25) is 0 Å². The van der Waals surface area contributed by atoms with Gasteiger partial charge in [0, 0.05) is 5.69 Å². The summed E-state index contributed by atoms with van der Waals surface area (Å²) in [6.07, 6.45) is 2.15. The summed E-state index contributed by atoms with van der Waals surface area (Å²) in [6.45, 7) is 1.87. The number of nitrogens with zero attached hydrogens (tertiary/aromatic N) is 1. The van der Waals surface area contributed by atoms with Crippen LogP contribution in [0.25, 0.3) is 0 Å². The Balaban J connectivity index is 2.17. The van der Waals surface area contributed by atoms with E-state index in [9.17, 15) is 4.39 Å². The van der Waals surface area contributed by atoms with E-state index in [0.29, 0.717) is 11.6 Å². The second-order valence-corrected chi connectivity index (χ2v) is 4.22. The van der Waals surface area contributed by atoms with Crippen molar-refractivity contribution in [2.45, 2.75) is 25.3 Å². The fourth-order valence-corrected chi connectivity index (χ4v) is 1.75. The van der Waals surface area contributed by atoms with Crippen LogP contribution in [0.15, 0.2) is 24.3 Å². The number of hydrogen-bond donors (Lipinski definition) is 1. The third kappa shape index (κ3) is 2.10. The zero-order valence-electron chi connectivity index (χ0n) is 8.63. The van der Waals surface area contributed by atoms with Crippen LogP contribution in [0, 0.1) is 23.1 Å². The van der Waals surface area contributed by atoms with Crippen molar-refractivity contribution in [2.24, 2.45) is 5.92 Å². The maximum atomic E-state index is 12.9. The van der Waals surface area contributed by atoms with Gasteiger partial charge < -0.3 is 5.32 Å². The highest BCUT2D eigenvalue weighted by Crippen LogP contribution is 2.41. The lowest BCUT2D eigenvalue weighted by Crippen LogP contribution is -2.35. The molecular weight excluding hydrogens is 191 g/mol. The van der Waals surface area contributed by atoms with Crippen molar-refractivity contribution >= 4 is 5.69 Å². The Morgan fingerprint density at radius 3 is 2.80 bits per heavy atom. The van der Waals surface area contributed by atoms with Crippen molar-refractivity contribution in [3.63, 3.8) is 0 Å². The topological polar surface area (TPSA) is 35.8 Å². The van der Waals surface area contributed by atoms with Crippen LogP contribution in [-0.4, -0.2) is 5.54 Å². The normalized spacial score (nSPS) is 19.0. The average molecular weight is 204 g/mol. The van der Waals surface area contributed by atoms with Gasteiger partial charge in [0.15, 0.2) is 0 Å². The van der Waals surface area contributed by atoms with E-state index in [4.69, 9.17) is 5.26 Å². The largest absolute Gasteiger partial charge is 0.367 e. The molecule has 3 heteroatoms. The van der Waals surface area contributed by atoms with Crippen molar-refractivity contribution in [1.82, 2.24) is 0 Å². The van der Waals surface area contributed by atoms with Crippen LogP contribution in [0.4, 0.5) is 10.1 Å². The van der Waals surface area contributed by atoms with E-state index in [-0.39, 0.29) is 5.82 Å². The Morgan fingerprint density at radius 2 is 2.27 bits per heavy atom. The van der Waals surface area contributed by atoms with Crippen LogP contribution >= 0.6 is 0 Å². The molecule has 0 bridgehead atoms. The zero-order valence-corrected chi connectivity index (χ0v) is 8.63. The smallest absolute Gasteiger partial charge is 0.125 e. The molecule has 0 amide bonds. The summed E-state index contributed by atoms with van der Waals surface area (Å²) in [5, 5.41) is 12.2. The van der Waals surface area contributed by atoms with Crippen LogP contribution in [-0.2, 0) is 0 Å². The van der Waals surface area contributed by atoms with Crippen LogP contribution < -0.4 is 5.32 Å². The molecule has 1 aromatic rings. The molecule has 1 fully saturated rings. The molecule has 0 spiro atoms. The predicted octanol–water partition coefficient (Wildman–Crippen LogP) is 2.93. The second kappa shape index (κ2) is 3.54. The van der Waals surface area contributed by atoms with Crippen molar-refractivity contribution in [2.75, 3.05) is 5.32 Å². The molecule has 78 valence electrons. The van der Waals surface area contributed by atoms with E-state index >= 15 is 0 Å². The molecule has 1 unspecified atom stereocenters. The lowest BCUT2D eigenvalue weighted by molar-refractivity contribution is 0.565. The van der Waals surface area contributed by atoms with E-state index in [1.54, 1.807) is 12.1 Å². The van der Waals surface area contributed by atoms with E-state index in [0.717, 1.165) is 12.8 Å². The van der Waals surface area contributed by atoms with Gasteiger partial charge in [0.25, 0.3) is 0 Å². The lowest BCUT2D eigenvalue weighted by Gasteiger charge is -2.24. The fourth-order valence-electron chi connectivity index (χ4n) is 1.75. The summed E-state index contributed by atoms with van der Waals surface area (Å²) in [6, 6.07) is 8.50. The van der Waals surface area contributed by atoms with Crippen molar-refractivity contribution < 1.29 is 4.39 Å². The van der Waals surface area contributed by atoms with Crippen LogP contribution in [0.2, 0.25) is 0 Å². The van der Waals surface area contributed by atoms with Gasteiger partial charge in [0.05, 0.1) is 6.07 Å². The molecule has 1 saturated carbocycles. The summed E-state index contributed by atoms with van der Waals surface area (Å²) < 4.78 is 12.9. The third-order valence-corrected chi connectivity index (χ3v) is 2.85. The minimum Gasteiger partial charge on any atom is -0.367 e. The minimum atomic E-state index is -0.562. The predicted molar refractivity (Wildman–Crippen MR) is 56.8 cm³/mol. The van der Waals surface area contributed by atoms with E-state index in [1.165, 1.54) is 12.1 Å². The Labute approximate surface area is 88.7 Å². The standard InChI is InChI=1S/C12H13FN2/c1-12(8-14,9-5-6-9)15-11-4-2-3-10(13)7-11/h2-4,7,9,15H,5-6H2,1H3. The number of halogens is 1. The van der Waals surface area contributed by atoms with Crippen molar-refractivity contribution in [1.29, 1.82) is 5.26 Å². The molecule has 0 saturated heterocycles. The van der Waals surface area contributed by atoms with Gasteiger partial charge in [-0.2, -0.15) is 5.26 Å². The molecular formula is C12H13FN2. The van der Waals surface area contributed by atoms with Gasteiger partial charge in [-0.15, -0.1) is 0 Å². The van der Waals surface area contributed by atoms with Crippen LogP contribution in [0.5, 0.6) is 0 Å². The van der Waals surface area contributed by atoms with E-state index < -0.39 is 5.54 Å². The van der Waals surface area contributed by atoms with Crippen LogP contribution in [0.1, 0.15) is 19.8 Å². The fraction of sp³-hybridized carbons (Fsp3) is 0.417. The Kier molecular flexibility index (Phi) is 2.36. The molecule has 0 heterocycles. The molecule has 1 aliphatic carbocycles. The number of benzene rings is 1. The third-order valence-electron chi connectivity index (χ3n) is 2.85. The van der Waals surface area contributed by atoms with E-state index in [2.05, 4.69) is 11.4 Å². The van der Waals surface area contributed by atoms with Gasteiger partial charge in [-0.3, -0.25) is 0 Å². The minimum absolute atomic E-state index is 0.281. The van der Waals surface area contributed by atoms with Crippen LogP contribution in [0.3, 0.4) is 0 Å². The molecule has 1 aromatic carbocycles. The molecule has 1 N–H and O–H groups in total. The van der Waals surface area contributed by atoms with Gasteiger partial charge in [-0.05, 0) is 43.9 Å². The Morgan fingerprint density at radius 1 is 1.53 bits per heavy atom. The number of rotatable bonds is 3. The summed E-state index contributed by atoms with van der Waals surface area (Å²) in [4.78, 5) is 0. The summed E-state index contributed by atoms with van der Waals surface area (Å²) >= 11 is 0. The highest BCUT2D eigenvalue weighted by atomic mass is 19.1. The number of nitriles is 1. The number of hydrogen-bond acceptors (Lipinski definition) is 2. The molecule has 1 aliphatic rings. The maximum absolute atomic E-state index is 12.9. The summed E-state index contributed by atoms with van der Waals surface area (Å²) in [5.41, 5.74) is 0.110.